The molecular formula is C13H21N3. The van der Waals surface area contributed by atoms with Crippen molar-refractivity contribution in [3.63, 3.8) is 0 Å². The number of nitrogens with zero attached hydrogens (tertiary/aromatic N) is 1. The molecule has 0 aromatic carbocycles. The zero-order valence-electron chi connectivity index (χ0n) is 9.78. The lowest BCUT2D eigenvalue weighted by atomic mass is 10.0. The van der Waals surface area contributed by atoms with E-state index in [0.717, 1.165) is 19.1 Å². The molecule has 1 aromatic rings. The Balaban J connectivity index is 1.58. The van der Waals surface area contributed by atoms with Crippen LogP contribution in [-0.4, -0.2) is 24.1 Å². The lowest BCUT2D eigenvalue weighted by molar-refractivity contribution is 0.376. The van der Waals surface area contributed by atoms with Crippen LogP contribution < -0.4 is 10.6 Å². The highest BCUT2D eigenvalue weighted by Crippen LogP contribution is 2.09. The quantitative estimate of drug-likeness (QED) is 0.740. The predicted molar refractivity (Wildman–Crippen MR) is 66.2 cm³/mol. The monoisotopic (exact) mass is 219 g/mol. The van der Waals surface area contributed by atoms with Gasteiger partial charge in [-0.2, -0.15) is 0 Å². The zero-order valence-corrected chi connectivity index (χ0v) is 9.78. The van der Waals surface area contributed by atoms with Crippen molar-refractivity contribution in [3.8, 4) is 0 Å². The molecule has 0 saturated carbocycles. The Morgan fingerprint density at radius 1 is 1.44 bits per heavy atom. The second kappa shape index (κ2) is 6.61. The van der Waals surface area contributed by atoms with Gasteiger partial charge >= 0.3 is 0 Å². The molecule has 1 saturated heterocycles. The highest BCUT2D eigenvalue weighted by atomic mass is 14.9. The fourth-order valence-electron chi connectivity index (χ4n) is 2.18. The molecule has 0 bridgehead atoms. The Hall–Kier alpha value is -0.930. The van der Waals surface area contributed by atoms with Crippen LogP contribution in [-0.2, 0) is 6.54 Å². The fourth-order valence-corrected chi connectivity index (χ4v) is 2.18. The van der Waals surface area contributed by atoms with Crippen molar-refractivity contribution in [1.82, 2.24) is 15.6 Å². The Kier molecular flexibility index (Phi) is 4.77. The predicted octanol–water partition coefficient (Wildman–Crippen LogP) is 1.70. The second-order valence-corrected chi connectivity index (χ2v) is 4.47. The van der Waals surface area contributed by atoms with Gasteiger partial charge < -0.3 is 10.6 Å². The van der Waals surface area contributed by atoms with Gasteiger partial charge in [0.05, 0.1) is 0 Å². The van der Waals surface area contributed by atoms with E-state index in [0.29, 0.717) is 0 Å². The van der Waals surface area contributed by atoms with Gasteiger partial charge in [0.1, 0.15) is 0 Å². The number of nitrogens with one attached hydrogen (secondary N) is 2. The molecule has 0 radical (unpaired) electrons. The minimum Gasteiger partial charge on any atom is -0.314 e. The van der Waals surface area contributed by atoms with E-state index in [4.69, 9.17) is 0 Å². The van der Waals surface area contributed by atoms with E-state index in [2.05, 4.69) is 21.7 Å². The highest BCUT2D eigenvalue weighted by Gasteiger charge is 2.11. The van der Waals surface area contributed by atoms with Crippen molar-refractivity contribution >= 4 is 0 Å². The summed E-state index contributed by atoms with van der Waals surface area (Å²) >= 11 is 0. The first-order valence-corrected chi connectivity index (χ1v) is 6.28. The van der Waals surface area contributed by atoms with Gasteiger partial charge in [-0.05, 0) is 44.0 Å². The summed E-state index contributed by atoms with van der Waals surface area (Å²) in [5.41, 5.74) is 1.26. The molecule has 0 aliphatic carbocycles. The van der Waals surface area contributed by atoms with Crippen molar-refractivity contribution in [2.75, 3.05) is 13.1 Å². The van der Waals surface area contributed by atoms with Gasteiger partial charge in [-0.25, -0.2) is 0 Å². The summed E-state index contributed by atoms with van der Waals surface area (Å²) in [5, 5.41) is 7.03. The van der Waals surface area contributed by atoms with Crippen LogP contribution in [0.2, 0.25) is 0 Å². The Morgan fingerprint density at radius 3 is 3.19 bits per heavy atom. The van der Waals surface area contributed by atoms with Crippen LogP contribution in [0.4, 0.5) is 0 Å². The molecule has 0 amide bonds. The van der Waals surface area contributed by atoms with Crippen molar-refractivity contribution < 1.29 is 0 Å². The number of piperidine rings is 1. The third-order valence-corrected chi connectivity index (χ3v) is 3.13. The van der Waals surface area contributed by atoms with Crippen LogP contribution in [0, 0.1) is 0 Å². The molecule has 1 unspecified atom stereocenters. The summed E-state index contributed by atoms with van der Waals surface area (Å²) in [6.07, 6.45) is 9.05. The van der Waals surface area contributed by atoms with Crippen molar-refractivity contribution in [2.45, 2.75) is 38.3 Å². The molecule has 0 spiro atoms. The first-order valence-electron chi connectivity index (χ1n) is 6.28. The van der Waals surface area contributed by atoms with Crippen molar-refractivity contribution in [1.29, 1.82) is 0 Å². The molecule has 2 N–H and O–H groups in total. The van der Waals surface area contributed by atoms with Crippen LogP contribution in [0.1, 0.15) is 31.2 Å². The lowest BCUT2D eigenvalue weighted by Crippen LogP contribution is -2.36. The molecule has 1 fully saturated rings. The van der Waals surface area contributed by atoms with Gasteiger partial charge in [0.2, 0.25) is 0 Å². The normalized spacial score (nSPS) is 20.9. The average molecular weight is 219 g/mol. The first-order chi connectivity index (χ1) is 7.95. The maximum atomic E-state index is 4.10. The Labute approximate surface area is 97.7 Å². The van der Waals surface area contributed by atoms with E-state index >= 15 is 0 Å². The van der Waals surface area contributed by atoms with Crippen LogP contribution in [0.25, 0.3) is 0 Å². The zero-order chi connectivity index (χ0) is 11.1. The SMILES string of the molecule is c1cncc(CNCCC2CCCCN2)c1. The van der Waals surface area contributed by atoms with E-state index in [1.165, 1.54) is 37.8 Å². The maximum absolute atomic E-state index is 4.10. The molecule has 3 heteroatoms. The number of aromatic nitrogens is 1. The van der Waals surface area contributed by atoms with Gasteiger partial charge in [-0.1, -0.05) is 12.5 Å². The molecule has 2 rings (SSSR count). The standard InChI is InChI=1S/C13H21N3/c1-2-8-16-13(5-1)6-9-15-11-12-4-3-7-14-10-12/h3-4,7,10,13,15-16H,1-2,5-6,8-9,11H2. The molecule has 1 aliphatic rings. The van der Waals surface area contributed by atoms with Crippen LogP contribution in [0.3, 0.4) is 0 Å². The number of pyridine rings is 1. The molecule has 3 nitrogen and oxygen atoms in total. The van der Waals surface area contributed by atoms with Gasteiger partial charge in [-0.3, -0.25) is 4.98 Å². The first kappa shape index (κ1) is 11.6. The minimum atomic E-state index is 0.732. The molecule has 88 valence electrons. The van der Waals surface area contributed by atoms with E-state index in [9.17, 15) is 0 Å². The summed E-state index contributed by atoms with van der Waals surface area (Å²) in [6.45, 7) is 3.22. The topological polar surface area (TPSA) is 37.0 Å². The molecule has 1 aromatic heterocycles. The summed E-state index contributed by atoms with van der Waals surface area (Å²) in [5.74, 6) is 0. The molecule has 1 aliphatic heterocycles. The highest BCUT2D eigenvalue weighted by molar-refractivity contribution is 5.07. The number of hydrogen-bond acceptors (Lipinski definition) is 3. The van der Waals surface area contributed by atoms with Crippen LogP contribution >= 0.6 is 0 Å². The van der Waals surface area contributed by atoms with Gasteiger partial charge in [0.25, 0.3) is 0 Å². The number of rotatable bonds is 5. The third kappa shape index (κ3) is 3.91. The fraction of sp³-hybridized carbons (Fsp3) is 0.615. The summed E-state index contributed by atoms with van der Waals surface area (Å²) < 4.78 is 0. The Bertz CT molecular complexity index is 280. The number of hydrogen-bond donors (Lipinski definition) is 2. The molecular weight excluding hydrogens is 198 g/mol. The molecule has 1 atom stereocenters. The summed E-state index contributed by atoms with van der Waals surface area (Å²) in [6, 6.07) is 4.83. The largest absolute Gasteiger partial charge is 0.314 e. The van der Waals surface area contributed by atoms with E-state index < -0.39 is 0 Å². The van der Waals surface area contributed by atoms with Gasteiger partial charge in [-0.15, -0.1) is 0 Å². The maximum Gasteiger partial charge on any atom is 0.0312 e. The van der Waals surface area contributed by atoms with E-state index in [1.807, 2.05) is 18.5 Å². The van der Waals surface area contributed by atoms with Gasteiger partial charge in [0.15, 0.2) is 0 Å². The summed E-state index contributed by atoms with van der Waals surface area (Å²) in [7, 11) is 0. The second-order valence-electron chi connectivity index (χ2n) is 4.47. The van der Waals surface area contributed by atoms with E-state index in [1.54, 1.807) is 0 Å². The van der Waals surface area contributed by atoms with Crippen molar-refractivity contribution in [3.05, 3.63) is 30.1 Å². The van der Waals surface area contributed by atoms with Gasteiger partial charge in [0, 0.05) is 25.0 Å². The van der Waals surface area contributed by atoms with Crippen LogP contribution in [0.15, 0.2) is 24.5 Å². The Morgan fingerprint density at radius 2 is 2.44 bits per heavy atom. The lowest BCUT2D eigenvalue weighted by Gasteiger charge is -2.23. The summed E-state index contributed by atoms with van der Waals surface area (Å²) in [4.78, 5) is 4.10. The van der Waals surface area contributed by atoms with Crippen LogP contribution in [0.5, 0.6) is 0 Å². The van der Waals surface area contributed by atoms with E-state index in [-0.39, 0.29) is 0 Å². The minimum absolute atomic E-state index is 0.732. The van der Waals surface area contributed by atoms with Crippen molar-refractivity contribution in [2.24, 2.45) is 0 Å². The molecule has 2 heterocycles. The molecule has 16 heavy (non-hydrogen) atoms. The third-order valence-electron chi connectivity index (χ3n) is 3.13. The average Bonchev–Trinajstić information content (AvgIpc) is 2.37. The smallest absolute Gasteiger partial charge is 0.0312 e.